The highest BCUT2D eigenvalue weighted by molar-refractivity contribution is 5.87. The Balaban J connectivity index is 1.78. The van der Waals surface area contributed by atoms with Gasteiger partial charge in [-0.05, 0) is 49.3 Å². The average molecular weight is 551 g/mol. The molecule has 7 nitrogen and oxygen atoms in total. The Morgan fingerprint density at radius 1 is 1.00 bits per heavy atom. The van der Waals surface area contributed by atoms with E-state index < -0.39 is 29.1 Å². The van der Waals surface area contributed by atoms with Crippen LogP contribution in [0.15, 0.2) is 48.5 Å². The number of carboxylic acid groups (broad SMARTS) is 1. The smallest absolute Gasteiger partial charge is 0.326 e. The number of carbonyl (C=O) groups excluding carboxylic acids is 1. The summed E-state index contributed by atoms with van der Waals surface area (Å²) in [6, 6.07) is 13.9. The van der Waals surface area contributed by atoms with Crippen LogP contribution in [0.4, 0.5) is 0 Å². The van der Waals surface area contributed by atoms with E-state index in [1.165, 1.54) is 0 Å². The average Bonchev–Trinajstić information content (AvgIpc) is 3.28. The van der Waals surface area contributed by atoms with Crippen LogP contribution in [0.5, 0.6) is 5.75 Å². The number of amides is 1. The second kappa shape index (κ2) is 11.9. The Morgan fingerprint density at radius 3 is 2.20 bits per heavy atom. The van der Waals surface area contributed by atoms with Crippen molar-refractivity contribution in [3.05, 3.63) is 65.2 Å². The van der Waals surface area contributed by atoms with E-state index in [0.717, 1.165) is 48.8 Å². The van der Waals surface area contributed by atoms with E-state index in [9.17, 15) is 19.8 Å². The first-order chi connectivity index (χ1) is 18.8. The molecule has 40 heavy (non-hydrogen) atoms. The number of likely N-dealkylation sites (tertiary alicyclic amines) is 1. The fourth-order valence-corrected chi connectivity index (χ4v) is 6.79. The number of hydrogen-bond donors (Lipinski definition) is 3. The molecule has 0 aromatic heterocycles. The van der Waals surface area contributed by atoms with Gasteiger partial charge in [-0.15, -0.1) is 0 Å². The molecule has 2 fully saturated rings. The molecule has 1 heterocycles. The number of aliphatic hydroxyl groups is 1. The third-order valence-electron chi connectivity index (χ3n) is 8.79. The first kappa shape index (κ1) is 30.1. The van der Waals surface area contributed by atoms with Crippen molar-refractivity contribution in [2.75, 3.05) is 7.11 Å². The second-order valence-electron chi connectivity index (χ2n) is 13.1. The number of ether oxygens (including phenoxy) is 1. The normalized spacial score (nSPS) is 24.2. The minimum Gasteiger partial charge on any atom is -0.496 e. The van der Waals surface area contributed by atoms with Crippen LogP contribution in [-0.4, -0.2) is 46.2 Å². The molecule has 4 rings (SSSR count). The fourth-order valence-electron chi connectivity index (χ4n) is 6.79. The fraction of sp³-hybridized carbons (Fsp3) is 0.576. The van der Waals surface area contributed by atoms with Crippen LogP contribution in [0.25, 0.3) is 0 Å². The molecule has 1 aliphatic heterocycles. The lowest BCUT2D eigenvalue weighted by molar-refractivity contribution is -0.154. The second-order valence-corrected chi connectivity index (χ2v) is 13.1. The number of hydrogen-bond acceptors (Lipinski definition) is 5. The first-order valence-corrected chi connectivity index (χ1v) is 14.6. The van der Waals surface area contributed by atoms with Crippen molar-refractivity contribution in [3.63, 3.8) is 0 Å². The number of rotatable bonds is 8. The van der Waals surface area contributed by atoms with Gasteiger partial charge in [-0.3, -0.25) is 4.79 Å². The lowest BCUT2D eigenvalue weighted by Gasteiger charge is -2.36. The van der Waals surface area contributed by atoms with Crippen LogP contribution in [-0.2, 0) is 21.7 Å². The van der Waals surface area contributed by atoms with Crippen LogP contribution in [0.3, 0.4) is 0 Å². The molecule has 4 atom stereocenters. The summed E-state index contributed by atoms with van der Waals surface area (Å²) in [5.41, 5.74) is 1.18. The number of carboxylic acids is 1. The molecule has 1 aliphatic carbocycles. The highest BCUT2D eigenvalue weighted by Crippen LogP contribution is 2.49. The topological polar surface area (TPSA) is 99.1 Å². The third kappa shape index (κ3) is 6.21. The summed E-state index contributed by atoms with van der Waals surface area (Å²) in [6.45, 7) is 10.1. The van der Waals surface area contributed by atoms with E-state index in [1.807, 2.05) is 48.5 Å². The zero-order valence-electron chi connectivity index (χ0n) is 24.8. The molecule has 1 saturated heterocycles. The van der Waals surface area contributed by atoms with Crippen molar-refractivity contribution in [3.8, 4) is 5.75 Å². The van der Waals surface area contributed by atoms with Gasteiger partial charge in [0, 0.05) is 30.0 Å². The summed E-state index contributed by atoms with van der Waals surface area (Å²) in [5.74, 6) is -0.827. The van der Waals surface area contributed by atoms with Gasteiger partial charge in [0.05, 0.1) is 18.8 Å². The van der Waals surface area contributed by atoms with Gasteiger partial charge < -0.3 is 25.2 Å². The number of nitrogens with one attached hydrogen (secondary N) is 1. The summed E-state index contributed by atoms with van der Waals surface area (Å²) in [7, 11) is 1.61. The lowest BCUT2D eigenvalue weighted by atomic mass is 9.72. The summed E-state index contributed by atoms with van der Waals surface area (Å²) in [6.07, 6.45) is 4.75. The Hall–Kier alpha value is -2.90. The van der Waals surface area contributed by atoms with Gasteiger partial charge in [-0.1, -0.05) is 82.5 Å². The van der Waals surface area contributed by atoms with E-state index in [1.54, 1.807) is 25.9 Å². The SMILES string of the molecule is COc1cc(C(C)(C)O)ccc1CN[C@H]1[C@H](C(C)(C)C)[C@@H](C(=O)O)N(C(=O)C2CCCCC2)[C@H]1c1ccccc1. The minimum atomic E-state index is -1.00. The molecule has 1 amide bonds. The van der Waals surface area contributed by atoms with E-state index >= 15 is 0 Å². The predicted molar refractivity (Wildman–Crippen MR) is 156 cm³/mol. The highest BCUT2D eigenvalue weighted by Gasteiger charge is 2.58. The molecule has 0 bridgehead atoms. The summed E-state index contributed by atoms with van der Waals surface area (Å²) in [5, 5.41) is 24.9. The first-order valence-electron chi connectivity index (χ1n) is 14.6. The zero-order chi connectivity index (χ0) is 29.2. The van der Waals surface area contributed by atoms with Gasteiger partial charge in [0.1, 0.15) is 11.8 Å². The molecule has 0 unspecified atom stereocenters. The molecule has 2 aliphatic rings. The van der Waals surface area contributed by atoms with E-state index in [2.05, 4.69) is 26.1 Å². The van der Waals surface area contributed by atoms with Crippen LogP contribution >= 0.6 is 0 Å². The number of aliphatic carboxylic acids is 1. The maximum Gasteiger partial charge on any atom is 0.326 e. The van der Waals surface area contributed by atoms with Crippen molar-refractivity contribution in [1.29, 1.82) is 0 Å². The van der Waals surface area contributed by atoms with Crippen LogP contribution in [0.1, 0.15) is 89.5 Å². The van der Waals surface area contributed by atoms with E-state index in [0.29, 0.717) is 12.3 Å². The summed E-state index contributed by atoms with van der Waals surface area (Å²) in [4.78, 5) is 29.0. The third-order valence-corrected chi connectivity index (χ3v) is 8.79. The largest absolute Gasteiger partial charge is 0.496 e. The minimum absolute atomic E-state index is 0.0355. The number of methoxy groups -OCH3 is 1. The molecule has 1 saturated carbocycles. The van der Waals surface area contributed by atoms with Crippen molar-refractivity contribution in [2.24, 2.45) is 17.3 Å². The summed E-state index contributed by atoms with van der Waals surface area (Å²) >= 11 is 0. The van der Waals surface area contributed by atoms with Crippen molar-refractivity contribution >= 4 is 11.9 Å². The molecule has 0 radical (unpaired) electrons. The van der Waals surface area contributed by atoms with Crippen molar-refractivity contribution in [2.45, 2.75) is 97.0 Å². The molecule has 2 aromatic carbocycles. The predicted octanol–water partition coefficient (Wildman–Crippen LogP) is 5.66. The van der Waals surface area contributed by atoms with Crippen molar-refractivity contribution < 1.29 is 24.5 Å². The van der Waals surface area contributed by atoms with Crippen molar-refractivity contribution in [1.82, 2.24) is 10.2 Å². The van der Waals surface area contributed by atoms with Crippen LogP contribution in [0.2, 0.25) is 0 Å². The maximum atomic E-state index is 14.2. The number of carbonyl (C=O) groups is 2. The molecule has 3 N–H and O–H groups in total. The van der Waals surface area contributed by atoms with Gasteiger partial charge in [0.15, 0.2) is 0 Å². The van der Waals surface area contributed by atoms with Gasteiger partial charge in [-0.25, -0.2) is 4.79 Å². The standard InChI is InChI=1S/C33H46N2O5/c1-32(2,3)26-27(34-20-23-17-18-24(33(4,5)39)19-25(23)40-6)28(21-13-9-7-10-14-21)35(29(26)31(37)38)30(36)22-15-11-8-12-16-22/h7,9-10,13-14,17-19,22,26-29,34,39H,8,11-12,15-16,20H2,1-6H3,(H,37,38)/t26-,27-,28-,29-/m0/s1. The van der Waals surface area contributed by atoms with E-state index in [4.69, 9.17) is 4.74 Å². The molecule has 218 valence electrons. The Labute approximate surface area is 238 Å². The zero-order valence-corrected chi connectivity index (χ0v) is 24.8. The Kier molecular flexibility index (Phi) is 8.96. The maximum absolute atomic E-state index is 14.2. The molecular formula is C33H46N2O5. The molecule has 7 heteroatoms. The van der Waals surface area contributed by atoms with Crippen LogP contribution in [0, 0.1) is 17.3 Å². The van der Waals surface area contributed by atoms with Gasteiger partial charge >= 0.3 is 5.97 Å². The molecular weight excluding hydrogens is 504 g/mol. The summed E-state index contributed by atoms with van der Waals surface area (Å²) < 4.78 is 5.69. The molecule has 0 spiro atoms. The number of benzene rings is 2. The highest BCUT2D eigenvalue weighted by atomic mass is 16.5. The van der Waals surface area contributed by atoms with E-state index in [-0.39, 0.29) is 23.8 Å². The van der Waals surface area contributed by atoms with Crippen LogP contribution < -0.4 is 10.1 Å². The Morgan fingerprint density at radius 2 is 1.65 bits per heavy atom. The van der Waals surface area contributed by atoms with Gasteiger partial charge in [0.25, 0.3) is 0 Å². The number of nitrogens with zero attached hydrogens (tertiary/aromatic N) is 1. The Bertz CT molecular complexity index is 1180. The van der Waals surface area contributed by atoms with Gasteiger partial charge in [-0.2, -0.15) is 0 Å². The van der Waals surface area contributed by atoms with Gasteiger partial charge in [0.2, 0.25) is 5.91 Å². The lowest BCUT2D eigenvalue weighted by Crippen LogP contribution is -2.49. The molecule has 2 aromatic rings. The quantitative estimate of drug-likeness (QED) is 0.392. The monoisotopic (exact) mass is 550 g/mol.